The van der Waals surface area contributed by atoms with Gasteiger partial charge in [0.15, 0.2) is 0 Å². The van der Waals surface area contributed by atoms with Gasteiger partial charge in [-0.2, -0.15) is 5.26 Å². The minimum atomic E-state index is -0.194. The second-order valence-corrected chi connectivity index (χ2v) is 3.86. The maximum atomic E-state index is 11.5. The summed E-state index contributed by atoms with van der Waals surface area (Å²) < 4.78 is 5.10. The van der Waals surface area contributed by atoms with Gasteiger partial charge in [0, 0.05) is 6.08 Å². The first-order valence-electron chi connectivity index (χ1n) is 5.76. The quantitative estimate of drug-likeness (QED) is 0.850. The molecule has 1 heterocycles. The first-order valence-corrected chi connectivity index (χ1v) is 5.76. The van der Waals surface area contributed by atoms with E-state index in [4.69, 9.17) is 9.68 Å². The predicted molar refractivity (Wildman–Crippen MR) is 70.7 cm³/mol. The van der Waals surface area contributed by atoms with Crippen LogP contribution < -0.4 is 5.32 Å². The summed E-state index contributed by atoms with van der Waals surface area (Å²) in [6.45, 7) is 0.365. The number of benzene rings is 1. The van der Waals surface area contributed by atoms with Crippen molar-refractivity contribution < 1.29 is 9.21 Å². The van der Waals surface area contributed by atoms with Gasteiger partial charge in [0.2, 0.25) is 5.91 Å². The fraction of sp³-hybridized carbons (Fsp3) is 0.0667. The molecule has 94 valence electrons. The molecule has 1 N–H and O–H groups in total. The number of hydrogen-bond acceptors (Lipinski definition) is 3. The van der Waals surface area contributed by atoms with Crippen molar-refractivity contribution in [2.45, 2.75) is 6.54 Å². The molecule has 0 fully saturated rings. The van der Waals surface area contributed by atoms with Crippen molar-refractivity contribution in [2.24, 2.45) is 0 Å². The van der Waals surface area contributed by atoms with E-state index in [1.807, 2.05) is 6.07 Å². The van der Waals surface area contributed by atoms with Crippen molar-refractivity contribution >= 4 is 12.0 Å². The topological polar surface area (TPSA) is 66.0 Å². The van der Waals surface area contributed by atoms with Crippen LogP contribution >= 0.6 is 0 Å². The maximum Gasteiger partial charge on any atom is 0.244 e. The Bertz CT molecular complexity index is 605. The highest BCUT2D eigenvalue weighted by molar-refractivity contribution is 5.91. The minimum Gasteiger partial charge on any atom is -0.467 e. The molecule has 0 unspecified atom stereocenters. The van der Waals surface area contributed by atoms with Crippen LogP contribution in [0.4, 0.5) is 0 Å². The molecular formula is C15H12N2O2. The molecule has 0 bridgehead atoms. The summed E-state index contributed by atoms with van der Waals surface area (Å²) in [5.41, 5.74) is 1.46. The SMILES string of the molecule is N#Cc1ccc(C=CC(=O)NCc2ccco2)cc1. The fourth-order valence-corrected chi connectivity index (χ4v) is 1.49. The lowest BCUT2D eigenvalue weighted by Crippen LogP contribution is -2.19. The fourth-order valence-electron chi connectivity index (χ4n) is 1.49. The molecule has 1 aromatic heterocycles. The molecule has 1 amide bonds. The molecule has 0 atom stereocenters. The molecule has 0 spiro atoms. The van der Waals surface area contributed by atoms with Gasteiger partial charge in [0.25, 0.3) is 0 Å². The van der Waals surface area contributed by atoms with Crippen LogP contribution in [0.5, 0.6) is 0 Å². The summed E-state index contributed by atoms with van der Waals surface area (Å²) in [6, 6.07) is 12.6. The van der Waals surface area contributed by atoms with E-state index >= 15 is 0 Å². The number of nitrogens with zero attached hydrogens (tertiary/aromatic N) is 1. The van der Waals surface area contributed by atoms with Crippen LogP contribution in [-0.4, -0.2) is 5.91 Å². The lowest BCUT2D eigenvalue weighted by atomic mass is 10.1. The van der Waals surface area contributed by atoms with Crippen LogP contribution in [0.25, 0.3) is 6.08 Å². The molecule has 19 heavy (non-hydrogen) atoms. The first kappa shape index (κ1) is 12.7. The van der Waals surface area contributed by atoms with Crippen LogP contribution in [0.2, 0.25) is 0 Å². The van der Waals surface area contributed by atoms with Gasteiger partial charge in [-0.3, -0.25) is 4.79 Å². The number of carbonyl (C=O) groups excluding carboxylic acids is 1. The zero-order chi connectivity index (χ0) is 13.5. The molecule has 4 heteroatoms. The van der Waals surface area contributed by atoms with Crippen molar-refractivity contribution in [1.29, 1.82) is 5.26 Å². The Balaban J connectivity index is 1.87. The zero-order valence-electron chi connectivity index (χ0n) is 10.2. The predicted octanol–water partition coefficient (Wildman–Crippen LogP) is 2.48. The van der Waals surface area contributed by atoms with Gasteiger partial charge in [-0.25, -0.2) is 0 Å². The highest BCUT2D eigenvalue weighted by Crippen LogP contribution is 2.05. The van der Waals surface area contributed by atoms with E-state index in [1.54, 1.807) is 48.7 Å². The highest BCUT2D eigenvalue weighted by Gasteiger charge is 1.98. The Morgan fingerprint density at radius 3 is 2.74 bits per heavy atom. The molecule has 0 saturated heterocycles. The number of hydrogen-bond donors (Lipinski definition) is 1. The highest BCUT2D eigenvalue weighted by atomic mass is 16.3. The standard InChI is InChI=1S/C15H12N2O2/c16-10-13-5-3-12(4-6-13)7-8-15(18)17-11-14-2-1-9-19-14/h1-9H,11H2,(H,17,18). The molecule has 0 saturated carbocycles. The third-order valence-corrected chi connectivity index (χ3v) is 2.48. The summed E-state index contributed by atoms with van der Waals surface area (Å²) >= 11 is 0. The Labute approximate surface area is 111 Å². The molecular weight excluding hydrogens is 240 g/mol. The smallest absolute Gasteiger partial charge is 0.244 e. The average molecular weight is 252 g/mol. The number of nitrogens with one attached hydrogen (secondary N) is 1. The van der Waals surface area contributed by atoms with Gasteiger partial charge in [-0.1, -0.05) is 12.1 Å². The maximum absolute atomic E-state index is 11.5. The van der Waals surface area contributed by atoms with Crippen LogP contribution in [0.1, 0.15) is 16.9 Å². The number of carbonyl (C=O) groups is 1. The number of furan rings is 1. The molecule has 0 radical (unpaired) electrons. The second-order valence-electron chi connectivity index (χ2n) is 3.86. The summed E-state index contributed by atoms with van der Waals surface area (Å²) in [5.74, 6) is 0.515. The number of amides is 1. The molecule has 0 aliphatic heterocycles. The van der Waals surface area contributed by atoms with Crippen LogP contribution in [-0.2, 0) is 11.3 Å². The molecule has 1 aromatic carbocycles. The average Bonchev–Trinajstić information content (AvgIpc) is 2.96. The van der Waals surface area contributed by atoms with Gasteiger partial charge in [0.05, 0.1) is 24.4 Å². The number of rotatable bonds is 4. The second kappa shape index (κ2) is 6.22. The molecule has 2 aromatic rings. The van der Waals surface area contributed by atoms with Crippen molar-refractivity contribution in [2.75, 3.05) is 0 Å². The van der Waals surface area contributed by atoms with E-state index in [0.29, 0.717) is 17.9 Å². The van der Waals surface area contributed by atoms with Gasteiger partial charge < -0.3 is 9.73 Å². The molecule has 0 aliphatic carbocycles. The van der Waals surface area contributed by atoms with Gasteiger partial charge >= 0.3 is 0 Å². The molecule has 0 aliphatic rings. The van der Waals surface area contributed by atoms with Gasteiger partial charge in [0.1, 0.15) is 5.76 Å². The summed E-state index contributed by atoms with van der Waals surface area (Å²) in [5, 5.41) is 11.4. The van der Waals surface area contributed by atoms with E-state index in [1.165, 1.54) is 6.08 Å². The molecule has 4 nitrogen and oxygen atoms in total. The van der Waals surface area contributed by atoms with Gasteiger partial charge in [-0.15, -0.1) is 0 Å². The van der Waals surface area contributed by atoms with Crippen LogP contribution in [0, 0.1) is 11.3 Å². The van der Waals surface area contributed by atoms with Crippen LogP contribution in [0.3, 0.4) is 0 Å². The van der Waals surface area contributed by atoms with Crippen molar-refractivity contribution in [3.63, 3.8) is 0 Å². The van der Waals surface area contributed by atoms with Gasteiger partial charge in [-0.05, 0) is 35.9 Å². The summed E-state index contributed by atoms with van der Waals surface area (Å²) in [4.78, 5) is 11.5. The monoisotopic (exact) mass is 252 g/mol. The minimum absolute atomic E-state index is 0.194. The lowest BCUT2D eigenvalue weighted by Gasteiger charge is -1.98. The Morgan fingerprint density at radius 2 is 2.11 bits per heavy atom. The largest absolute Gasteiger partial charge is 0.467 e. The van der Waals surface area contributed by atoms with E-state index in [-0.39, 0.29) is 5.91 Å². The van der Waals surface area contributed by atoms with E-state index in [2.05, 4.69) is 5.32 Å². The summed E-state index contributed by atoms with van der Waals surface area (Å²) in [7, 11) is 0. The first-order chi connectivity index (χ1) is 9.28. The van der Waals surface area contributed by atoms with E-state index in [0.717, 1.165) is 5.56 Å². The third kappa shape index (κ3) is 3.86. The normalized spacial score (nSPS) is 10.3. The van der Waals surface area contributed by atoms with E-state index < -0.39 is 0 Å². The van der Waals surface area contributed by atoms with Crippen LogP contribution in [0.15, 0.2) is 53.2 Å². The van der Waals surface area contributed by atoms with E-state index in [9.17, 15) is 4.79 Å². The van der Waals surface area contributed by atoms with Crippen molar-refractivity contribution in [1.82, 2.24) is 5.32 Å². The zero-order valence-corrected chi connectivity index (χ0v) is 10.2. The third-order valence-electron chi connectivity index (χ3n) is 2.48. The Morgan fingerprint density at radius 1 is 1.32 bits per heavy atom. The van der Waals surface area contributed by atoms with Crippen molar-refractivity contribution in [3.8, 4) is 6.07 Å². The lowest BCUT2D eigenvalue weighted by molar-refractivity contribution is -0.116. The molecule has 2 rings (SSSR count). The summed E-state index contributed by atoms with van der Waals surface area (Å²) in [6.07, 6.45) is 4.71. The number of nitriles is 1. The van der Waals surface area contributed by atoms with Crippen molar-refractivity contribution in [3.05, 3.63) is 65.6 Å². The Hall–Kier alpha value is -2.80. The Kier molecular flexibility index (Phi) is 4.14.